The van der Waals surface area contributed by atoms with Gasteiger partial charge in [0.25, 0.3) is 0 Å². The molecule has 108 valence electrons. The molecule has 1 N–H and O–H groups in total. The van der Waals surface area contributed by atoms with Crippen molar-refractivity contribution in [2.75, 3.05) is 6.61 Å². The standard InChI is InChI=1S/C17H22O3/c1-3-4-14-11-17(18,7-8-19-14)16-10-13-9-12(2)5-6-15(13)20-16/h5-6,9-10,14,18H,3-4,7-8,11H2,1-2H3. The van der Waals surface area contributed by atoms with Crippen LogP contribution in [-0.2, 0) is 10.3 Å². The molecular weight excluding hydrogens is 252 g/mol. The predicted molar refractivity (Wildman–Crippen MR) is 78.7 cm³/mol. The topological polar surface area (TPSA) is 42.6 Å². The lowest BCUT2D eigenvalue weighted by atomic mass is 9.86. The Balaban J connectivity index is 1.92. The van der Waals surface area contributed by atoms with Gasteiger partial charge in [-0.1, -0.05) is 25.0 Å². The van der Waals surface area contributed by atoms with Crippen LogP contribution in [0.15, 0.2) is 28.7 Å². The number of hydrogen-bond donors (Lipinski definition) is 1. The lowest BCUT2D eigenvalue weighted by molar-refractivity contribution is -0.118. The highest BCUT2D eigenvalue weighted by atomic mass is 16.5. The number of ether oxygens (including phenoxy) is 1. The van der Waals surface area contributed by atoms with Gasteiger partial charge in [0.1, 0.15) is 16.9 Å². The first-order chi connectivity index (χ1) is 9.60. The molecule has 1 aliphatic heterocycles. The Morgan fingerprint density at radius 2 is 2.20 bits per heavy atom. The largest absolute Gasteiger partial charge is 0.458 e. The van der Waals surface area contributed by atoms with E-state index in [-0.39, 0.29) is 6.10 Å². The molecule has 0 radical (unpaired) electrons. The minimum atomic E-state index is -0.884. The first-order valence-corrected chi connectivity index (χ1v) is 7.45. The van der Waals surface area contributed by atoms with Crippen molar-refractivity contribution in [2.24, 2.45) is 0 Å². The van der Waals surface area contributed by atoms with Crippen LogP contribution >= 0.6 is 0 Å². The Morgan fingerprint density at radius 3 is 3.00 bits per heavy atom. The van der Waals surface area contributed by atoms with Gasteiger partial charge in [-0.2, -0.15) is 0 Å². The fourth-order valence-electron chi connectivity index (χ4n) is 3.06. The van der Waals surface area contributed by atoms with Crippen LogP contribution in [0.3, 0.4) is 0 Å². The van der Waals surface area contributed by atoms with Crippen molar-refractivity contribution in [1.29, 1.82) is 0 Å². The highest BCUT2D eigenvalue weighted by Crippen LogP contribution is 2.38. The molecular formula is C17H22O3. The highest BCUT2D eigenvalue weighted by Gasteiger charge is 2.39. The van der Waals surface area contributed by atoms with Gasteiger partial charge in [-0.3, -0.25) is 0 Å². The zero-order chi connectivity index (χ0) is 14.2. The Bertz CT molecular complexity index is 599. The van der Waals surface area contributed by atoms with Crippen molar-refractivity contribution in [3.05, 3.63) is 35.6 Å². The van der Waals surface area contributed by atoms with Gasteiger partial charge in [-0.15, -0.1) is 0 Å². The lowest BCUT2D eigenvalue weighted by Gasteiger charge is -2.35. The minimum Gasteiger partial charge on any atom is -0.458 e. The first-order valence-electron chi connectivity index (χ1n) is 7.45. The number of aryl methyl sites for hydroxylation is 1. The van der Waals surface area contributed by atoms with Gasteiger partial charge in [-0.05, 0) is 31.5 Å². The summed E-state index contributed by atoms with van der Waals surface area (Å²) in [6.45, 7) is 4.80. The lowest BCUT2D eigenvalue weighted by Crippen LogP contribution is -2.38. The molecule has 2 atom stereocenters. The van der Waals surface area contributed by atoms with Crippen molar-refractivity contribution in [3.8, 4) is 0 Å². The van der Waals surface area contributed by atoms with Crippen molar-refractivity contribution in [1.82, 2.24) is 0 Å². The van der Waals surface area contributed by atoms with Gasteiger partial charge in [0.2, 0.25) is 0 Å². The zero-order valence-corrected chi connectivity index (χ0v) is 12.2. The van der Waals surface area contributed by atoms with Crippen LogP contribution in [0.1, 0.15) is 43.9 Å². The van der Waals surface area contributed by atoms with Crippen molar-refractivity contribution < 1.29 is 14.3 Å². The molecule has 3 heteroatoms. The van der Waals surface area contributed by atoms with E-state index in [4.69, 9.17) is 9.15 Å². The third-order valence-corrected chi connectivity index (χ3v) is 4.18. The number of rotatable bonds is 3. The third kappa shape index (κ3) is 2.48. The summed E-state index contributed by atoms with van der Waals surface area (Å²) in [4.78, 5) is 0. The first kappa shape index (κ1) is 13.7. The monoisotopic (exact) mass is 274 g/mol. The smallest absolute Gasteiger partial charge is 0.137 e. The number of aliphatic hydroxyl groups is 1. The fraction of sp³-hybridized carbons (Fsp3) is 0.529. The van der Waals surface area contributed by atoms with Gasteiger partial charge in [-0.25, -0.2) is 0 Å². The van der Waals surface area contributed by atoms with E-state index in [9.17, 15) is 5.11 Å². The Morgan fingerprint density at radius 1 is 1.35 bits per heavy atom. The van der Waals surface area contributed by atoms with Crippen LogP contribution in [0.25, 0.3) is 11.0 Å². The van der Waals surface area contributed by atoms with E-state index in [1.807, 2.05) is 18.2 Å². The third-order valence-electron chi connectivity index (χ3n) is 4.18. The fourth-order valence-corrected chi connectivity index (χ4v) is 3.06. The van der Waals surface area contributed by atoms with E-state index < -0.39 is 5.60 Å². The molecule has 0 saturated carbocycles. The van der Waals surface area contributed by atoms with Crippen LogP contribution in [0.2, 0.25) is 0 Å². The number of fused-ring (bicyclic) bond motifs is 1. The Labute approximate surface area is 119 Å². The van der Waals surface area contributed by atoms with Gasteiger partial charge in [0, 0.05) is 18.2 Å². The maximum absolute atomic E-state index is 10.9. The number of furan rings is 1. The summed E-state index contributed by atoms with van der Waals surface area (Å²) in [5.74, 6) is 0.683. The van der Waals surface area contributed by atoms with E-state index in [1.54, 1.807) is 0 Å². The van der Waals surface area contributed by atoms with Crippen LogP contribution in [0, 0.1) is 6.92 Å². The van der Waals surface area contributed by atoms with Gasteiger partial charge in [0.05, 0.1) is 12.7 Å². The number of hydrogen-bond acceptors (Lipinski definition) is 3. The quantitative estimate of drug-likeness (QED) is 0.922. The molecule has 1 aromatic heterocycles. The Kier molecular flexibility index (Phi) is 3.57. The van der Waals surface area contributed by atoms with Crippen molar-refractivity contribution in [2.45, 2.75) is 51.2 Å². The molecule has 0 aliphatic carbocycles. The molecule has 2 unspecified atom stereocenters. The molecule has 2 heterocycles. The van der Waals surface area contributed by atoms with E-state index in [0.717, 1.165) is 23.8 Å². The van der Waals surface area contributed by atoms with Crippen LogP contribution < -0.4 is 0 Å². The summed E-state index contributed by atoms with van der Waals surface area (Å²) in [5, 5.41) is 12.0. The van der Waals surface area contributed by atoms with E-state index in [1.165, 1.54) is 5.56 Å². The molecule has 3 rings (SSSR count). The molecule has 0 spiro atoms. The normalized spacial score (nSPS) is 27.1. The molecule has 3 nitrogen and oxygen atoms in total. The van der Waals surface area contributed by atoms with E-state index >= 15 is 0 Å². The van der Waals surface area contributed by atoms with Gasteiger partial charge >= 0.3 is 0 Å². The molecule has 0 bridgehead atoms. The summed E-state index contributed by atoms with van der Waals surface area (Å²) in [5.41, 5.74) is 1.16. The molecule has 2 aromatic rings. The van der Waals surface area contributed by atoms with E-state index in [2.05, 4.69) is 19.9 Å². The maximum Gasteiger partial charge on any atom is 0.137 e. The molecule has 1 aromatic carbocycles. The SMILES string of the molecule is CCCC1CC(O)(c2cc3cc(C)ccc3o2)CCO1. The number of benzene rings is 1. The summed E-state index contributed by atoms with van der Waals surface area (Å²) >= 11 is 0. The molecule has 1 aliphatic rings. The second-order valence-corrected chi connectivity index (χ2v) is 5.92. The molecule has 20 heavy (non-hydrogen) atoms. The Hall–Kier alpha value is -1.32. The van der Waals surface area contributed by atoms with Gasteiger partial charge < -0.3 is 14.3 Å². The van der Waals surface area contributed by atoms with Crippen molar-refractivity contribution in [3.63, 3.8) is 0 Å². The summed E-state index contributed by atoms with van der Waals surface area (Å²) in [6, 6.07) is 8.08. The molecule has 1 fully saturated rings. The highest BCUT2D eigenvalue weighted by molar-refractivity contribution is 5.78. The summed E-state index contributed by atoms with van der Waals surface area (Å²) < 4.78 is 11.6. The van der Waals surface area contributed by atoms with E-state index in [0.29, 0.717) is 25.2 Å². The van der Waals surface area contributed by atoms with Crippen LogP contribution in [0.4, 0.5) is 0 Å². The van der Waals surface area contributed by atoms with Crippen LogP contribution in [-0.4, -0.2) is 17.8 Å². The predicted octanol–water partition coefficient (Wildman–Crippen LogP) is 3.91. The average molecular weight is 274 g/mol. The second-order valence-electron chi connectivity index (χ2n) is 5.92. The minimum absolute atomic E-state index is 0.133. The van der Waals surface area contributed by atoms with Crippen LogP contribution in [0.5, 0.6) is 0 Å². The maximum atomic E-state index is 10.9. The second kappa shape index (κ2) is 5.23. The molecule has 1 saturated heterocycles. The van der Waals surface area contributed by atoms with Crippen molar-refractivity contribution >= 4 is 11.0 Å². The summed E-state index contributed by atoms with van der Waals surface area (Å²) in [6.07, 6.45) is 3.42. The summed E-state index contributed by atoms with van der Waals surface area (Å²) in [7, 11) is 0. The zero-order valence-electron chi connectivity index (χ0n) is 12.2. The van der Waals surface area contributed by atoms with Gasteiger partial charge in [0.15, 0.2) is 0 Å². The molecule has 0 amide bonds. The average Bonchev–Trinajstić information content (AvgIpc) is 2.83.